The smallest absolute Gasteiger partial charge is 0.177 e. The fraction of sp³-hybridized carbons (Fsp3) is 0.350. The van der Waals surface area contributed by atoms with Crippen LogP contribution in [0, 0.1) is 13.8 Å². The molecule has 0 aliphatic rings. The van der Waals surface area contributed by atoms with Crippen molar-refractivity contribution >= 4 is 11.0 Å². The van der Waals surface area contributed by atoms with E-state index in [0.717, 1.165) is 41.5 Å². The second-order valence-electron chi connectivity index (χ2n) is 6.78. The number of hydrogen-bond acceptors (Lipinski definition) is 3. The fourth-order valence-corrected chi connectivity index (χ4v) is 3.61. The molecule has 1 aromatic carbocycles. The molecule has 3 aromatic heterocycles. The first-order valence-corrected chi connectivity index (χ1v) is 9.08. The van der Waals surface area contributed by atoms with Gasteiger partial charge in [-0.2, -0.15) is 5.10 Å². The van der Waals surface area contributed by atoms with Crippen LogP contribution in [-0.4, -0.2) is 28.9 Å². The minimum absolute atomic E-state index is 0.218. The SMILES string of the molecule is CCn1c(-c2nccn2C(C)Cn2nc(C)cc2C)nc2ccccc21. The fourth-order valence-electron chi connectivity index (χ4n) is 3.61. The molecule has 0 aliphatic heterocycles. The standard InChI is InChI=1S/C20H24N6/c1-5-24-18-9-7-6-8-17(18)22-20(24)19-21-10-11-25(19)16(4)13-26-15(3)12-14(2)23-26/h6-12,16H,5,13H2,1-4H3. The van der Waals surface area contributed by atoms with Gasteiger partial charge < -0.3 is 9.13 Å². The molecule has 0 amide bonds. The van der Waals surface area contributed by atoms with Crippen molar-refractivity contribution in [2.75, 3.05) is 0 Å². The molecule has 1 atom stereocenters. The average Bonchev–Trinajstić information content (AvgIpc) is 3.31. The highest BCUT2D eigenvalue weighted by Crippen LogP contribution is 2.26. The van der Waals surface area contributed by atoms with Crippen LogP contribution in [0.15, 0.2) is 42.7 Å². The molecule has 0 bridgehead atoms. The first-order valence-electron chi connectivity index (χ1n) is 9.08. The van der Waals surface area contributed by atoms with Crippen LogP contribution in [0.5, 0.6) is 0 Å². The molecule has 0 N–H and O–H groups in total. The maximum atomic E-state index is 4.85. The Morgan fingerprint density at radius 3 is 2.65 bits per heavy atom. The second-order valence-corrected chi connectivity index (χ2v) is 6.78. The average molecular weight is 348 g/mol. The van der Waals surface area contributed by atoms with Gasteiger partial charge in [0.2, 0.25) is 0 Å². The van der Waals surface area contributed by atoms with E-state index in [1.54, 1.807) is 0 Å². The van der Waals surface area contributed by atoms with Crippen molar-refractivity contribution < 1.29 is 0 Å². The molecule has 0 fully saturated rings. The van der Waals surface area contributed by atoms with E-state index in [0.29, 0.717) is 0 Å². The Kier molecular flexibility index (Phi) is 4.11. The minimum Gasteiger partial charge on any atom is -0.324 e. The summed E-state index contributed by atoms with van der Waals surface area (Å²) in [6.07, 6.45) is 3.89. The number of hydrogen-bond donors (Lipinski definition) is 0. The van der Waals surface area contributed by atoms with Crippen LogP contribution in [0.2, 0.25) is 0 Å². The highest BCUT2D eigenvalue weighted by Gasteiger charge is 2.19. The number of aryl methyl sites for hydroxylation is 3. The molecular formula is C20H24N6. The molecule has 6 heteroatoms. The van der Waals surface area contributed by atoms with Crippen LogP contribution in [0.4, 0.5) is 0 Å². The molecule has 0 saturated heterocycles. The third kappa shape index (κ3) is 2.71. The minimum atomic E-state index is 0.218. The lowest BCUT2D eigenvalue weighted by Gasteiger charge is -2.17. The van der Waals surface area contributed by atoms with Gasteiger partial charge in [-0.25, -0.2) is 9.97 Å². The van der Waals surface area contributed by atoms with E-state index in [2.05, 4.69) is 68.9 Å². The van der Waals surface area contributed by atoms with Gasteiger partial charge in [0.1, 0.15) is 0 Å². The summed E-state index contributed by atoms with van der Waals surface area (Å²) in [4.78, 5) is 9.49. The van der Waals surface area contributed by atoms with E-state index >= 15 is 0 Å². The largest absolute Gasteiger partial charge is 0.324 e. The Morgan fingerprint density at radius 2 is 1.92 bits per heavy atom. The number of aromatic nitrogens is 6. The number of rotatable bonds is 5. The van der Waals surface area contributed by atoms with E-state index in [1.165, 1.54) is 5.69 Å². The van der Waals surface area contributed by atoms with Crippen molar-refractivity contribution in [3.8, 4) is 11.6 Å². The summed E-state index contributed by atoms with van der Waals surface area (Å²) in [5.74, 6) is 1.82. The lowest BCUT2D eigenvalue weighted by Crippen LogP contribution is -2.16. The predicted octanol–water partition coefficient (Wildman–Crippen LogP) is 3.99. The summed E-state index contributed by atoms with van der Waals surface area (Å²) < 4.78 is 6.49. The highest BCUT2D eigenvalue weighted by molar-refractivity contribution is 5.79. The van der Waals surface area contributed by atoms with Gasteiger partial charge in [-0.3, -0.25) is 4.68 Å². The molecule has 6 nitrogen and oxygen atoms in total. The zero-order valence-corrected chi connectivity index (χ0v) is 15.7. The second kappa shape index (κ2) is 6.44. The van der Waals surface area contributed by atoms with Crippen LogP contribution in [0.3, 0.4) is 0 Å². The first-order chi connectivity index (χ1) is 12.6. The summed E-state index contributed by atoms with van der Waals surface area (Å²) in [6.45, 7) is 10.1. The van der Waals surface area contributed by atoms with Crippen LogP contribution in [0.25, 0.3) is 22.7 Å². The van der Waals surface area contributed by atoms with E-state index in [4.69, 9.17) is 4.98 Å². The van der Waals surface area contributed by atoms with Crippen molar-refractivity contribution in [2.45, 2.75) is 46.8 Å². The quantitative estimate of drug-likeness (QED) is 0.548. The molecule has 0 radical (unpaired) electrons. The Labute approximate surface area is 153 Å². The third-order valence-corrected chi connectivity index (χ3v) is 4.85. The van der Waals surface area contributed by atoms with Gasteiger partial charge in [-0.05, 0) is 45.9 Å². The summed E-state index contributed by atoms with van der Waals surface area (Å²) in [7, 11) is 0. The lowest BCUT2D eigenvalue weighted by molar-refractivity contribution is 0.432. The van der Waals surface area contributed by atoms with Gasteiger partial charge in [0.05, 0.1) is 29.3 Å². The molecule has 3 heterocycles. The number of benzene rings is 1. The molecule has 1 unspecified atom stereocenters. The number of nitrogens with zero attached hydrogens (tertiary/aromatic N) is 6. The molecule has 4 rings (SSSR count). The monoisotopic (exact) mass is 348 g/mol. The number of imidazole rings is 2. The molecule has 0 spiro atoms. The van der Waals surface area contributed by atoms with Gasteiger partial charge in [-0.1, -0.05) is 12.1 Å². The summed E-state index contributed by atoms with van der Waals surface area (Å²) in [5, 5.41) is 4.59. The van der Waals surface area contributed by atoms with Crippen LogP contribution in [0.1, 0.15) is 31.3 Å². The normalized spacial score (nSPS) is 12.8. The molecule has 0 saturated carbocycles. The van der Waals surface area contributed by atoms with Gasteiger partial charge in [0.25, 0.3) is 0 Å². The Bertz CT molecular complexity index is 1050. The Hall–Kier alpha value is -2.89. The van der Waals surface area contributed by atoms with Gasteiger partial charge >= 0.3 is 0 Å². The van der Waals surface area contributed by atoms with Gasteiger partial charge in [-0.15, -0.1) is 0 Å². The zero-order valence-electron chi connectivity index (χ0n) is 15.7. The van der Waals surface area contributed by atoms with Crippen LogP contribution >= 0.6 is 0 Å². The van der Waals surface area contributed by atoms with Crippen molar-refractivity contribution in [3.63, 3.8) is 0 Å². The van der Waals surface area contributed by atoms with Crippen molar-refractivity contribution in [2.24, 2.45) is 0 Å². The molecule has 0 aliphatic carbocycles. The first kappa shape index (κ1) is 16.6. The summed E-state index contributed by atoms with van der Waals surface area (Å²) >= 11 is 0. The highest BCUT2D eigenvalue weighted by atomic mass is 15.3. The maximum absolute atomic E-state index is 4.85. The summed E-state index contributed by atoms with van der Waals surface area (Å²) in [6, 6.07) is 10.6. The third-order valence-electron chi connectivity index (χ3n) is 4.85. The maximum Gasteiger partial charge on any atom is 0.177 e. The number of para-hydroxylation sites is 2. The summed E-state index contributed by atoms with van der Waals surface area (Å²) in [5.41, 5.74) is 4.38. The van der Waals surface area contributed by atoms with E-state index in [9.17, 15) is 0 Å². The van der Waals surface area contributed by atoms with Gasteiger partial charge in [0.15, 0.2) is 11.6 Å². The molecule has 26 heavy (non-hydrogen) atoms. The Balaban J connectivity index is 1.74. The molecular weight excluding hydrogens is 324 g/mol. The van der Waals surface area contributed by atoms with Gasteiger partial charge in [0, 0.05) is 24.6 Å². The predicted molar refractivity (Wildman–Crippen MR) is 103 cm³/mol. The van der Waals surface area contributed by atoms with Crippen molar-refractivity contribution in [1.82, 2.24) is 28.9 Å². The Morgan fingerprint density at radius 1 is 1.12 bits per heavy atom. The van der Waals surface area contributed by atoms with Crippen molar-refractivity contribution in [3.05, 3.63) is 54.1 Å². The van der Waals surface area contributed by atoms with Crippen LogP contribution < -0.4 is 0 Å². The van der Waals surface area contributed by atoms with E-state index in [-0.39, 0.29) is 6.04 Å². The molecule has 134 valence electrons. The zero-order chi connectivity index (χ0) is 18.3. The molecule has 4 aromatic rings. The topological polar surface area (TPSA) is 53.5 Å². The van der Waals surface area contributed by atoms with Crippen LogP contribution in [-0.2, 0) is 13.1 Å². The number of fused-ring (bicyclic) bond motifs is 1. The van der Waals surface area contributed by atoms with Crippen molar-refractivity contribution in [1.29, 1.82) is 0 Å². The van der Waals surface area contributed by atoms with E-state index < -0.39 is 0 Å². The van der Waals surface area contributed by atoms with E-state index in [1.807, 2.05) is 25.4 Å². The lowest BCUT2D eigenvalue weighted by atomic mass is 10.3.